The average molecular weight is 247 g/mol. The largest absolute Gasteiger partial charge is 0.312 e. The number of nitrogens with one attached hydrogen (secondary N) is 1. The first-order chi connectivity index (χ1) is 8.20. The Labute approximate surface area is 106 Å². The highest BCUT2D eigenvalue weighted by atomic mass is 32.1. The van der Waals surface area contributed by atoms with Crippen molar-refractivity contribution in [2.75, 3.05) is 7.05 Å². The van der Waals surface area contributed by atoms with Crippen LogP contribution in [0.2, 0.25) is 0 Å². The summed E-state index contributed by atoms with van der Waals surface area (Å²) in [5.74, 6) is 0. The van der Waals surface area contributed by atoms with Gasteiger partial charge < -0.3 is 5.32 Å². The Morgan fingerprint density at radius 1 is 1.29 bits per heavy atom. The van der Waals surface area contributed by atoms with Crippen LogP contribution < -0.4 is 5.32 Å². The van der Waals surface area contributed by atoms with Crippen molar-refractivity contribution in [3.05, 3.63) is 45.7 Å². The van der Waals surface area contributed by atoms with Crippen molar-refractivity contribution in [2.45, 2.75) is 26.3 Å². The molecule has 0 spiro atoms. The van der Waals surface area contributed by atoms with E-state index in [2.05, 4.69) is 41.3 Å². The number of aromatic nitrogens is 2. The van der Waals surface area contributed by atoms with Crippen LogP contribution in [0.4, 0.5) is 0 Å². The molecule has 1 unspecified atom stereocenters. The predicted octanol–water partition coefficient (Wildman–Crippen LogP) is 2.66. The van der Waals surface area contributed by atoms with Gasteiger partial charge in [0.25, 0.3) is 0 Å². The first-order valence-corrected chi connectivity index (χ1v) is 6.52. The lowest BCUT2D eigenvalue weighted by atomic mass is 10.1. The van der Waals surface area contributed by atoms with Gasteiger partial charge in [-0.25, -0.2) is 4.98 Å². The van der Waals surface area contributed by atoms with E-state index < -0.39 is 0 Å². The third kappa shape index (κ3) is 2.90. The van der Waals surface area contributed by atoms with Gasteiger partial charge in [0.05, 0.1) is 10.7 Å². The summed E-state index contributed by atoms with van der Waals surface area (Å²) < 4.78 is 0. The Balaban J connectivity index is 2.20. The van der Waals surface area contributed by atoms with Crippen LogP contribution in [-0.2, 0) is 6.42 Å². The van der Waals surface area contributed by atoms with Crippen molar-refractivity contribution in [1.29, 1.82) is 0 Å². The minimum Gasteiger partial charge on any atom is -0.312 e. The lowest BCUT2D eigenvalue weighted by Crippen LogP contribution is -2.18. The van der Waals surface area contributed by atoms with Crippen LogP contribution in [-0.4, -0.2) is 17.0 Å². The molecule has 4 heteroatoms. The van der Waals surface area contributed by atoms with Gasteiger partial charge >= 0.3 is 0 Å². The van der Waals surface area contributed by atoms with E-state index in [9.17, 15) is 0 Å². The summed E-state index contributed by atoms with van der Waals surface area (Å²) in [6.45, 7) is 4.13. The van der Waals surface area contributed by atoms with Gasteiger partial charge in [-0.05, 0) is 45.0 Å². The van der Waals surface area contributed by atoms with Gasteiger partial charge in [0.1, 0.15) is 0 Å². The van der Waals surface area contributed by atoms with Gasteiger partial charge in [0.2, 0.25) is 0 Å². The molecule has 3 nitrogen and oxygen atoms in total. The Kier molecular flexibility index (Phi) is 3.86. The third-order valence-electron chi connectivity index (χ3n) is 2.79. The standard InChI is InChI=1S/C13H17N3S/c1-9-13(17-10(2)16-9)12(14-3)8-11-4-6-15-7-5-11/h4-7,12,14H,8H2,1-3H3. The molecule has 0 radical (unpaired) electrons. The maximum absolute atomic E-state index is 4.49. The molecule has 0 aromatic carbocycles. The van der Waals surface area contributed by atoms with E-state index in [1.807, 2.05) is 19.4 Å². The van der Waals surface area contributed by atoms with Crippen LogP contribution in [0.25, 0.3) is 0 Å². The van der Waals surface area contributed by atoms with Gasteiger partial charge in [-0.1, -0.05) is 0 Å². The molecule has 0 amide bonds. The van der Waals surface area contributed by atoms with Crippen LogP contribution in [0.1, 0.15) is 27.2 Å². The lowest BCUT2D eigenvalue weighted by Gasteiger charge is -2.15. The number of thiazole rings is 1. The normalized spacial score (nSPS) is 12.6. The summed E-state index contributed by atoms with van der Waals surface area (Å²) in [5.41, 5.74) is 2.44. The molecular weight excluding hydrogens is 230 g/mol. The molecular formula is C13H17N3S. The molecule has 90 valence electrons. The van der Waals surface area contributed by atoms with Crippen molar-refractivity contribution < 1.29 is 0 Å². The Bertz CT molecular complexity index is 479. The zero-order valence-corrected chi connectivity index (χ0v) is 11.2. The lowest BCUT2D eigenvalue weighted by molar-refractivity contribution is 0.597. The smallest absolute Gasteiger partial charge is 0.0900 e. The summed E-state index contributed by atoms with van der Waals surface area (Å²) in [6, 6.07) is 4.46. The summed E-state index contributed by atoms with van der Waals surface area (Å²) in [7, 11) is 2.00. The SMILES string of the molecule is CNC(Cc1ccncc1)c1sc(C)nc1C. The van der Waals surface area contributed by atoms with Crippen molar-refractivity contribution in [3.8, 4) is 0 Å². The van der Waals surface area contributed by atoms with E-state index in [-0.39, 0.29) is 0 Å². The molecule has 2 aromatic heterocycles. The molecule has 0 saturated heterocycles. The second-order valence-corrected chi connectivity index (χ2v) is 5.32. The number of hydrogen-bond acceptors (Lipinski definition) is 4. The van der Waals surface area contributed by atoms with Gasteiger partial charge in [-0.15, -0.1) is 11.3 Å². The summed E-state index contributed by atoms with van der Waals surface area (Å²) in [4.78, 5) is 9.87. The molecule has 0 bridgehead atoms. The highest BCUT2D eigenvalue weighted by molar-refractivity contribution is 7.11. The maximum Gasteiger partial charge on any atom is 0.0900 e. The van der Waals surface area contributed by atoms with Crippen molar-refractivity contribution >= 4 is 11.3 Å². The molecule has 0 aliphatic heterocycles. The average Bonchev–Trinajstić information content (AvgIpc) is 2.67. The quantitative estimate of drug-likeness (QED) is 0.902. The number of rotatable bonds is 4. The third-order valence-corrected chi connectivity index (χ3v) is 3.98. The molecule has 1 N–H and O–H groups in total. The fourth-order valence-corrected chi connectivity index (χ4v) is 2.99. The zero-order chi connectivity index (χ0) is 12.3. The molecule has 2 rings (SSSR count). The van der Waals surface area contributed by atoms with Gasteiger partial charge in [-0.3, -0.25) is 4.98 Å². The number of nitrogens with zero attached hydrogens (tertiary/aromatic N) is 2. The van der Waals surface area contributed by atoms with E-state index in [0.29, 0.717) is 6.04 Å². The number of hydrogen-bond donors (Lipinski definition) is 1. The highest BCUT2D eigenvalue weighted by Gasteiger charge is 2.16. The summed E-state index contributed by atoms with van der Waals surface area (Å²) in [5, 5.41) is 4.50. The van der Waals surface area contributed by atoms with E-state index in [1.165, 1.54) is 10.4 Å². The van der Waals surface area contributed by atoms with Crippen LogP contribution in [0.5, 0.6) is 0 Å². The molecule has 0 saturated carbocycles. The molecule has 0 aliphatic carbocycles. The second kappa shape index (κ2) is 5.38. The number of pyridine rings is 1. The molecule has 0 aliphatic rings. The van der Waals surface area contributed by atoms with Gasteiger partial charge in [-0.2, -0.15) is 0 Å². The monoisotopic (exact) mass is 247 g/mol. The molecule has 0 fully saturated rings. The van der Waals surface area contributed by atoms with E-state index >= 15 is 0 Å². The van der Waals surface area contributed by atoms with Gasteiger partial charge in [0, 0.05) is 23.3 Å². The van der Waals surface area contributed by atoms with Gasteiger partial charge in [0.15, 0.2) is 0 Å². The van der Waals surface area contributed by atoms with Crippen molar-refractivity contribution in [3.63, 3.8) is 0 Å². The first-order valence-electron chi connectivity index (χ1n) is 5.71. The summed E-state index contributed by atoms with van der Waals surface area (Å²) in [6.07, 6.45) is 4.65. The first kappa shape index (κ1) is 12.2. The second-order valence-electron chi connectivity index (χ2n) is 4.08. The predicted molar refractivity (Wildman–Crippen MR) is 71.3 cm³/mol. The van der Waals surface area contributed by atoms with E-state index in [4.69, 9.17) is 0 Å². The highest BCUT2D eigenvalue weighted by Crippen LogP contribution is 2.27. The topological polar surface area (TPSA) is 37.8 Å². The molecule has 17 heavy (non-hydrogen) atoms. The zero-order valence-electron chi connectivity index (χ0n) is 10.4. The van der Waals surface area contributed by atoms with Crippen LogP contribution in [0.15, 0.2) is 24.5 Å². The van der Waals surface area contributed by atoms with E-state index in [0.717, 1.165) is 17.1 Å². The number of aryl methyl sites for hydroxylation is 2. The fourth-order valence-electron chi connectivity index (χ4n) is 1.95. The molecule has 1 atom stereocenters. The van der Waals surface area contributed by atoms with Crippen molar-refractivity contribution in [1.82, 2.24) is 15.3 Å². The fraction of sp³-hybridized carbons (Fsp3) is 0.385. The van der Waals surface area contributed by atoms with Crippen LogP contribution in [0.3, 0.4) is 0 Å². The molecule has 2 aromatic rings. The van der Waals surface area contributed by atoms with E-state index in [1.54, 1.807) is 11.3 Å². The Hall–Kier alpha value is -1.26. The number of likely N-dealkylation sites (N-methyl/N-ethyl adjacent to an activating group) is 1. The summed E-state index contributed by atoms with van der Waals surface area (Å²) >= 11 is 1.78. The maximum atomic E-state index is 4.49. The van der Waals surface area contributed by atoms with Crippen LogP contribution >= 0.6 is 11.3 Å². The van der Waals surface area contributed by atoms with Crippen molar-refractivity contribution in [2.24, 2.45) is 0 Å². The Morgan fingerprint density at radius 2 is 2.00 bits per heavy atom. The minimum absolute atomic E-state index is 0.337. The minimum atomic E-state index is 0.337. The Morgan fingerprint density at radius 3 is 2.53 bits per heavy atom. The van der Waals surface area contributed by atoms with Crippen LogP contribution in [0, 0.1) is 13.8 Å². The molecule has 2 heterocycles.